The van der Waals surface area contributed by atoms with Crippen LogP contribution in [-0.4, -0.2) is 25.4 Å². The molecule has 0 spiro atoms. The first-order chi connectivity index (χ1) is 14.2. The van der Waals surface area contributed by atoms with Crippen LogP contribution in [0.3, 0.4) is 0 Å². The van der Waals surface area contributed by atoms with Crippen LogP contribution in [0.2, 0.25) is 0 Å². The molecular weight excluding hydrogens is 415 g/mol. The molecular formula is C20H15FN2O6S. The predicted molar refractivity (Wildman–Crippen MR) is 104 cm³/mol. The fourth-order valence-corrected chi connectivity index (χ4v) is 4.01. The molecule has 8 nitrogen and oxygen atoms in total. The van der Waals surface area contributed by atoms with Gasteiger partial charge in [-0.3, -0.25) is 4.79 Å². The molecule has 0 atom stereocenters. The van der Waals surface area contributed by atoms with E-state index < -0.39 is 38.7 Å². The molecule has 0 heterocycles. The molecule has 0 aliphatic carbocycles. The molecule has 0 saturated heterocycles. The molecule has 3 rings (SSSR count). The van der Waals surface area contributed by atoms with Gasteiger partial charge in [0.05, 0.1) is 20.9 Å². The lowest BCUT2D eigenvalue weighted by atomic mass is 10.1. The second-order valence-electron chi connectivity index (χ2n) is 6.04. The fourth-order valence-electron chi connectivity index (χ4n) is 2.70. The monoisotopic (exact) mass is 430 g/mol. The van der Waals surface area contributed by atoms with Gasteiger partial charge >= 0.3 is 5.97 Å². The van der Waals surface area contributed by atoms with Gasteiger partial charge in [0, 0.05) is 5.69 Å². The number of benzene rings is 3. The topological polar surface area (TPSA) is 136 Å². The van der Waals surface area contributed by atoms with Crippen LogP contribution in [0, 0.1) is 5.82 Å². The van der Waals surface area contributed by atoms with Crippen molar-refractivity contribution in [3.05, 3.63) is 83.7 Å². The summed E-state index contributed by atoms with van der Waals surface area (Å²) in [5.74, 6) is 1.78. The van der Waals surface area contributed by atoms with E-state index in [2.05, 4.69) is 10.2 Å². The summed E-state index contributed by atoms with van der Waals surface area (Å²) in [6.45, 7) is 0. The summed E-state index contributed by atoms with van der Waals surface area (Å²) in [6, 6.07) is 13.9. The minimum absolute atomic E-state index is 0.0333. The summed E-state index contributed by atoms with van der Waals surface area (Å²) in [7, 11) is -3.93. The maximum absolute atomic E-state index is 14.1. The summed E-state index contributed by atoms with van der Waals surface area (Å²) >= 11 is 0. The Hall–Kier alpha value is -3.76. The number of anilines is 1. The Morgan fingerprint density at radius 3 is 2.27 bits per heavy atom. The summed E-state index contributed by atoms with van der Waals surface area (Å²) in [5, 5.41) is 11.5. The van der Waals surface area contributed by atoms with Crippen molar-refractivity contribution in [3.8, 4) is 5.75 Å². The Morgan fingerprint density at radius 2 is 1.63 bits per heavy atom. The zero-order valence-corrected chi connectivity index (χ0v) is 16.0. The van der Waals surface area contributed by atoms with E-state index in [1.54, 1.807) is 0 Å². The molecule has 0 radical (unpaired) electrons. The lowest BCUT2D eigenvalue weighted by Gasteiger charge is -2.11. The highest BCUT2D eigenvalue weighted by atomic mass is 32.2. The molecule has 30 heavy (non-hydrogen) atoms. The van der Waals surface area contributed by atoms with E-state index in [0.717, 1.165) is 12.1 Å². The fraction of sp³-hybridized carbons (Fsp3) is 0. The van der Waals surface area contributed by atoms with Crippen LogP contribution in [0.1, 0.15) is 20.7 Å². The van der Waals surface area contributed by atoms with Gasteiger partial charge in [-0.05, 0) is 54.6 Å². The molecule has 1 amide bonds. The van der Waals surface area contributed by atoms with Crippen LogP contribution < -0.4 is 16.1 Å². The molecule has 4 N–H and O–H groups in total. The average Bonchev–Trinajstić information content (AvgIpc) is 2.73. The number of rotatable bonds is 6. The molecule has 0 fully saturated rings. The Morgan fingerprint density at radius 1 is 0.967 bits per heavy atom. The van der Waals surface area contributed by atoms with E-state index in [9.17, 15) is 27.5 Å². The van der Waals surface area contributed by atoms with E-state index in [-0.39, 0.29) is 21.2 Å². The van der Waals surface area contributed by atoms with Gasteiger partial charge in [-0.25, -0.2) is 17.6 Å². The van der Waals surface area contributed by atoms with E-state index >= 15 is 0 Å². The van der Waals surface area contributed by atoms with Gasteiger partial charge in [-0.2, -0.15) is 5.90 Å². The van der Waals surface area contributed by atoms with Gasteiger partial charge in [0.25, 0.3) is 5.91 Å². The van der Waals surface area contributed by atoms with Gasteiger partial charge < -0.3 is 15.3 Å². The number of hydrogen-bond donors (Lipinski definition) is 3. The van der Waals surface area contributed by atoms with E-state index in [0.29, 0.717) is 0 Å². The van der Waals surface area contributed by atoms with Crippen molar-refractivity contribution in [1.82, 2.24) is 0 Å². The maximum Gasteiger partial charge on any atom is 0.336 e. The van der Waals surface area contributed by atoms with Gasteiger partial charge in [0.2, 0.25) is 9.84 Å². The van der Waals surface area contributed by atoms with Crippen LogP contribution in [0.25, 0.3) is 0 Å². The number of amides is 1. The Kier molecular flexibility index (Phi) is 5.81. The third kappa shape index (κ3) is 4.14. The highest BCUT2D eigenvalue weighted by molar-refractivity contribution is 7.91. The van der Waals surface area contributed by atoms with E-state index in [1.165, 1.54) is 54.6 Å². The number of carbonyl (C=O) groups excluding carboxylic acids is 1. The normalized spacial score (nSPS) is 11.0. The van der Waals surface area contributed by atoms with Gasteiger partial charge in [-0.1, -0.05) is 12.1 Å². The summed E-state index contributed by atoms with van der Waals surface area (Å²) in [5.41, 5.74) is -1.13. The molecule has 0 aliphatic heterocycles. The molecule has 3 aromatic carbocycles. The number of aromatic carboxylic acids is 1. The number of nitrogens with one attached hydrogen (secondary N) is 1. The lowest BCUT2D eigenvalue weighted by Crippen LogP contribution is -2.18. The van der Waals surface area contributed by atoms with Crippen LogP contribution >= 0.6 is 0 Å². The molecule has 3 aromatic rings. The van der Waals surface area contributed by atoms with Crippen molar-refractivity contribution in [3.63, 3.8) is 0 Å². The number of sulfone groups is 1. The third-order valence-electron chi connectivity index (χ3n) is 4.14. The Bertz CT molecular complexity index is 1230. The first-order valence-electron chi connectivity index (χ1n) is 8.39. The standard InChI is InChI=1S/C20H15FN2O6S/c21-17-6-2-5-16(20(25)26)18(17)19(24)23-12-3-1-4-15(11-12)30(27,28)14-9-7-13(29-22)8-10-14/h1-11H,22H2,(H,23,24)(H,25,26). The quantitative estimate of drug-likeness (QED) is 0.512. The van der Waals surface area contributed by atoms with Crippen molar-refractivity contribution in [2.45, 2.75) is 9.79 Å². The highest BCUT2D eigenvalue weighted by Gasteiger charge is 2.22. The van der Waals surface area contributed by atoms with Crippen LogP contribution in [0.5, 0.6) is 5.75 Å². The SMILES string of the molecule is NOc1ccc(S(=O)(=O)c2cccc(NC(=O)c3c(F)cccc3C(=O)O)c2)cc1. The summed E-state index contributed by atoms with van der Waals surface area (Å²) < 4.78 is 39.7. The van der Waals surface area contributed by atoms with Gasteiger partial charge in [0.1, 0.15) is 11.6 Å². The predicted octanol–water partition coefficient (Wildman–Crippen LogP) is 2.86. The van der Waals surface area contributed by atoms with Crippen molar-refractivity contribution in [2.24, 2.45) is 5.90 Å². The number of halogens is 1. The smallest absolute Gasteiger partial charge is 0.336 e. The molecule has 0 aliphatic rings. The maximum atomic E-state index is 14.1. The summed E-state index contributed by atoms with van der Waals surface area (Å²) in [6.07, 6.45) is 0. The molecule has 154 valence electrons. The highest BCUT2D eigenvalue weighted by Crippen LogP contribution is 2.25. The van der Waals surface area contributed by atoms with Crippen LogP contribution in [0.4, 0.5) is 10.1 Å². The van der Waals surface area contributed by atoms with Crippen molar-refractivity contribution in [1.29, 1.82) is 0 Å². The van der Waals surface area contributed by atoms with E-state index in [1.807, 2.05) is 0 Å². The minimum atomic E-state index is -3.93. The first-order valence-corrected chi connectivity index (χ1v) is 9.87. The van der Waals surface area contributed by atoms with Crippen LogP contribution in [-0.2, 0) is 9.84 Å². The summed E-state index contributed by atoms with van der Waals surface area (Å²) in [4.78, 5) is 28.1. The second kappa shape index (κ2) is 8.31. The lowest BCUT2D eigenvalue weighted by molar-refractivity contribution is 0.0691. The Labute approximate surface area is 170 Å². The minimum Gasteiger partial charge on any atom is -0.478 e. The number of carboxylic acid groups (broad SMARTS) is 1. The number of nitrogens with two attached hydrogens (primary N) is 1. The molecule has 10 heteroatoms. The van der Waals surface area contributed by atoms with Gasteiger partial charge in [0.15, 0.2) is 0 Å². The number of hydrogen-bond acceptors (Lipinski definition) is 6. The third-order valence-corrected chi connectivity index (χ3v) is 5.91. The van der Waals surface area contributed by atoms with Crippen molar-refractivity contribution >= 4 is 27.4 Å². The van der Waals surface area contributed by atoms with Crippen molar-refractivity contribution in [2.75, 3.05) is 5.32 Å². The van der Waals surface area contributed by atoms with Crippen LogP contribution in [0.15, 0.2) is 76.5 Å². The first kappa shape index (κ1) is 21.0. The van der Waals surface area contributed by atoms with Gasteiger partial charge in [-0.15, -0.1) is 0 Å². The average molecular weight is 430 g/mol. The number of carbonyl (C=O) groups is 2. The zero-order valence-electron chi connectivity index (χ0n) is 15.2. The molecule has 0 saturated carbocycles. The Balaban J connectivity index is 1.93. The molecule has 0 aromatic heterocycles. The molecule has 0 unspecified atom stereocenters. The zero-order chi connectivity index (χ0) is 21.9. The number of carboxylic acids is 1. The van der Waals surface area contributed by atoms with E-state index in [4.69, 9.17) is 5.90 Å². The van der Waals surface area contributed by atoms with Crippen molar-refractivity contribution < 1.29 is 32.3 Å². The second-order valence-corrected chi connectivity index (χ2v) is 7.99. The molecule has 0 bridgehead atoms. The largest absolute Gasteiger partial charge is 0.478 e.